The Balaban J connectivity index is 1.20. The van der Waals surface area contributed by atoms with Crippen molar-refractivity contribution in [2.24, 2.45) is 5.92 Å². The van der Waals surface area contributed by atoms with Crippen LogP contribution in [-0.4, -0.2) is 78.3 Å². The summed E-state index contributed by atoms with van der Waals surface area (Å²) in [6.07, 6.45) is 4.17. The fourth-order valence-corrected chi connectivity index (χ4v) is 4.46. The number of aliphatic hydroxyl groups is 1. The zero-order valence-electron chi connectivity index (χ0n) is 16.8. The summed E-state index contributed by atoms with van der Waals surface area (Å²) in [7, 11) is 0. The fourth-order valence-electron chi connectivity index (χ4n) is 4.46. The molecule has 2 bridgehead atoms. The van der Waals surface area contributed by atoms with E-state index in [-0.39, 0.29) is 12.5 Å². The van der Waals surface area contributed by atoms with Gasteiger partial charge in [0.25, 0.3) is 0 Å². The van der Waals surface area contributed by atoms with E-state index in [0.29, 0.717) is 42.4 Å². The number of fused-ring (bicyclic) bond motifs is 2. The Labute approximate surface area is 172 Å². The summed E-state index contributed by atoms with van der Waals surface area (Å²) in [5.41, 5.74) is 0.591. The molecule has 156 valence electrons. The van der Waals surface area contributed by atoms with Crippen LogP contribution in [0.2, 0.25) is 0 Å². The molecule has 3 fully saturated rings. The van der Waals surface area contributed by atoms with Gasteiger partial charge in [-0.05, 0) is 55.9 Å². The Kier molecular flexibility index (Phi) is 6.34. The molecule has 1 aromatic carbocycles. The van der Waals surface area contributed by atoms with Gasteiger partial charge in [-0.25, -0.2) is 0 Å². The summed E-state index contributed by atoms with van der Waals surface area (Å²) >= 11 is 0. The first-order valence-electron chi connectivity index (χ1n) is 10.7. The fraction of sp³-hybridized carbons (Fsp3) is 0.636. The first-order valence-corrected chi connectivity index (χ1v) is 10.7. The normalized spacial score (nSPS) is 25.4. The number of rotatable bonds is 9. The van der Waals surface area contributed by atoms with E-state index in [1.807, 2.05) is 0 Å². The first kappa shape index (κ1) is 20.1. The van der Waals surface area contributed by atoms with Crippen LogP contribution in [0.3, 0.4) is 0 Å². The highest BCUT2D eigenvalue weighted by molar-refractivity contribution is 5.78. The number of aliphatic hydroxyl groups excluding tert-OH is 1. The van der Waals surface area contributed by atoms with E-state index in [4.69, 9.17) is 10.00 Å². The average molecular weight is 399 g/mol. The van der Waals surface area contributed by atoms with Crippen LogP contribution >= 0.6 is 0 Å². The lowest BCUT2D eigenvalue weighted by atomic mass is 10.1. The van der Waals surface area contributed by atoms with Crippen molar-refractivity contribution in [2.75, 3.05) is 39.3 Å². The molecule has 1 aliphatic carbocycles. The lowest BCUT2D eigenvalue weighted by Crippen LogP contribution is -2.57. The molecule has 0 spiro atoms. The topological polar surface area (TPSA) is 88.8 Å². The minimum absolute atomic E-state index is 0.139. The van der Waals surface area contributed by atoms with Crippen molar-refractivity contribution >= 4 is 5.91 Å². The number of ether oxygens (including phenoxy) is 1. The van der Waals surface area contributed by atoms with Gasteiger partial charge in [0.05, 0.1) is 18.2 Å². The van der Waals surface area contributed by atoms with Crippen LogP contribution in [0.15, 0.2) is 24.3 Å². The number of hydrogen-bond acceptors (Lipinski definition) is 6. The minimum atomic E-state index is -0.567. The highest BCUT2D eigenvalue weighted by Crippen LogP contribution is 2.30. The molecule has 1 aromatic rings. The maximum atomic E-state index is 12.2. The summed E-state index contributed by atoms with van der Waals surface area (Å²) in [5, 5.41) is 22.4. The van der Waals surface area contributed by atoms with Gasteiger partial charge in [-0.15, -0.1) is 0 Å². The van der Waals surface area contributed by atoms with Gasteiger partial charge < -0.3 is 15.2 Å². The monoisotopic (exact) mass is 398 g/mol. The third-order valence-electron chi connectivity index (χ3n) is 6.21. The van der Waals surface area contributed by atoms with Crippen LogP contribution in [0, 0.1) is 17.2 Å². The molecular formula is C22H30N4O3. The molecule has 7 heteroatoms. The van der Waals surface area contributed by atoms with Crippen molar-refractivity contribution in [3.63, 3.8) is 0 Å². The molecule has 3 atom stereocenters. The van der Waals surface area contributed by atoms with E-state index in [9.17, 15) is 9.90 Å². The third kappa shape index (κ3) is 5.47. The zero-order valence-corrected chi connectivity index (χ0v) is 16.8. The van der Waals surface area contributed by atoms with Gasteiger partial charge in [0.1, 0.15) is 18.5 Å². The molecule has 0 aromatic heterocycles. The summed E-state index contributed by atoms with van der Waals surface area (Å²) in [6, 6.07) is 9.80. The van der Waals surface area contributed by atoms with Gasteiger partial charge in [-0.3, -0.25) is 14.6 Å². The lowest BCUT2D eigenvalue weighted by Gasteiger charge is -2.41. The molecule has 1 saturated carbocycles. The molecule has 2 saturated heterocycles. The second-order valence-electron chi connectivity index (χ2n) is 8.62. The number of nitrogens with zero attached hydrogens (tertiary/aromatic N) is 3. The van der Waals surface area contributed by atoms with Crippen LogP contribution < -0.4 is 10.1 Å². The SMILES string of the molecule is N#Cc1ccc(OCC(O)CN2C3CCC2CN(CC(=O)NCC2CC2)C3)cc1. The molecule has 3 aliphatic rings. The van der Waals surface area contributed by atoms with Crippen molar-refractivity contribution in [3.05, 3.63) is 29.8 Å². The summed E-state index contributed by atoms with van der Waals surface area (Å²) in [6.45, 7) is 3.91. The smallest absolute Gasteiger partial charge is 0.234 e. The van der Waals surface area contributed by atoms with E-state index >= 15 is 0 Å². The van der Waals surface area contributed by atoms with Gasteiger partial charge in [0, 0.05) is 38.3 Å². The number of benzene rings is 1. The standard InChI is InChI=1S/C22H30N4O3/c23-9-16-3-7-21(8-4-16)29-15-20(27)13-26-18-5-6-19(26)12-25(11-18)14-22(28)24-10-17-1-2-17/h3-4,7-8,17-20,27H,1-2,5-6,10-15H2,(H,24,28). The number of piperazine rings is 1. The molecule has 2 N–H and O–H groups in total. The van der Waals surface area contributed by atoms with E-state index in [2.05, 4.69) is 21.2 Å². The predicted octanol–water partition coefficient (Wildman–Crippen LogP) is 0.973. The Morgan fingerprint density at radius 3 is 2.52 bits per heavy atom. The van der Waals surface area contributed by atoms with E-state index in [0.717, 1.165) is 32.5 Å². The van der Waals surface area contributed by atoms with Crippen LogP contribution in [0.1, 0.15) is 31.2 Å². The van der Waals surface area contributed by atoms with Crippen molar-refractivity contribution in [1.82, 2.24) is 15.1 Å². The predicted molar refractivity (Wildman–Crippen MR) is 108 cm³/mol. The Bertz CT molecular complexity index is 729. The molecule has 4 rings (SSSR count). The number of likely N-dealkylation sites (tertiary alicyclic amines) is 1. The molecule has 2 aliphatic heterocycles. The molecule has 29 heavy (non-hydrogen) atoms. The number of amides is 1. The van der Waals surface area contributed by atoms with Crippen molar-refractivity contribution in [1.29, 1.82) is 5.26 Å². The van der Waals surface area contributed by atoms with Crippen LogP contribution in [0.4, 0.5) is 0 Å². The van der Waals surface area contributed by atoms with Crippen LogP contribution in [-0.2, 0) is 4.79 Å². The Morgan fingerprint density at radius 1 is 1.21 bits per heavy atom. The van der Waals surface area contributed by atoms with Crippen molar-refractivity contribution in [2.45, 2.75) is 43.9 Å². The number of nitrogens with one attached hydrogen (secondary N) is 1. The molecular weight excluding hydrogens is 368 g/mol. The Hall–Kier alpha value is -2.14. The van der Waals surface area contributed by atoms with Gasteiger partial charge in [0.2, 0.25) is 5.91 Å². The van der Waals surface area contributed by atoms with E-state index < -0.39 is 6.10 Å². The third-order valence-corrected chi connectivity index (χ3v) is 6.21. The molecule has 1 amide bonds. The van der Waals surface area contributed by atoms with E-state index in [1.165, 1.54) is 12.8 Å². The second kappa shape index (κ2) is 9.12. The first-order chi connectivity index (χ1) is 14.1. The number of hydrogen-bond donors (Lipinski definition) is 2. The van der Waals surface area contributed by atoms with Gasteiger partial charge >= 0.3 is 0 Å². The van der Waals surface area contributed by atoms with Crippen molar-refractivity contribution < 1.29 is 14.6 Å². The van der Waals surface area contributed by atoms with Crippen LogP contribution in [0.25, 0.3) is 0 Å². The lowest BCUT2D eigenvalue weighted by molar-refractivity contribution is -0.123. The Morgan fingerprint density at radius 2 is 1.90 bits per heavy atom. The summed E-state index contributed by atoms with van der Waals surface area (Å²) < 4.78 is 5.68. The van der Waals surface area contributed by atoms with Gasteiger partial charge in [0.15, 0.2) is 0 Å². The highest BCUT2D eigenvalue weighted by atomic mass is 16.5. The molecule has 0 radical (unpaired) electrons. The maximum absolute atomic E-state index is 12.2. The van der Waals surface area contributed by atoms with Crippen molar-refractivity contribution in [3.8, 4) is 11.8 Å². The van der Waals surface area contributed by atoms with Gasteiger partial charge in [-0.2, -0.15) is 5.26 Å². The maximum Gasteiger partial charge on any atom is 0.234 e. The summed E-state index contributed by atoms with van der Waals surface area (Å²) in [5.74, 6) is 1.51. The second-order valence-corrected chi connectivity index (χ2v) is 8.62. The molecule has 3 unspecified atom stereocenters. The van der Waals surface area contributed by atoms with Gasteiger partial charge in [-0.1, -0.05) is 0 Å². The quantitative estimate of drug-likeness (QED) is 0.645. The average Bonchev–Trinajstić information content (AvgIpc) is 3.52. The largest absolute Gasteiger partial charge is 0.491 e. The van der Waals surface area contributed by atoms with E-state index in [1.54, 1.807) is 24.3 Å². The molecule has 7 nitrogen and oxygen atoms in total. The van der Waals surface area contributed by atoms with Crippen LogP contribution in [0.5, 0.6) is 5.75 Å². The summed E-state index contributed by atoms with van der Waals surface area (Å²) in [4.78, 5) is 16.8. The number of carbonyl (C=O) groups excluding carboxylic acids is 1. The number of nitriles is 1. The zero-order chi connectivity index (χ0) is 20.2. The molecule has 2 heterocycles. The highest BCUT2D eigenvalue weighted by Gasteiger charge is 2.40. The number of carbonyl (C=O) groups is 1. The minimum Gasteiger partial charge on any atom is -0.491 e.